The van der Waals surface area contributed by atoms with E-state index in [1.807, 2.05) is 0 Å². The van der Waals surface area contributed by atoms with Gasteiger partial charge in [-0.1, -0.05) is 70.4 Å². The Morgan fingerprint density at radius 2 is 1.64 bits per heavy atom. The fourth-order valence-corrected chi connectivity index (χ4v) is 3.94. The number of hydrogen-bond acceptors (Lipinski definition) is 2. The number of hydrogen-bond donors (Lipinski definition) is 0. The fourth-order valence-electron chi connectivity index (χ4n) is 3.94. The number of allylic oxidation sites excluding steroid dienone is 2. The average molecular weight is 306 g/mol. The van der Waals surface area contributed by atoms with Crippen LogP contribution in [0.3, 0.4) is 0 Å². The molecule has 0 N–H and O–H groups in total. The molecule has 0 aliphatic heterocycles. The summed E-state index contributed by atoms with van der Waals surface area (Å²) in [6.45, 7) is 2.91. The Morgan fingerprint density at radius 1 is 0.955 bits per heavy atom. The molecule has 2 heteroatoms. The maximum Gasteiger partial charge on any atom is 0.305 e. The lowest BCUT2D eigenvalue weighted by Crippen LogP contribution is -2.17. The van der Waals surface area contributed by atoms with Crippen molar-refractivity contribution >= 4 is 5.97 Å². The van der Waals surface area contributed by atoms with E-state index in [0.717, 1.165) is 12.3 Å². The lowest BCUT2D eigenvalue weighted by Gasteiger charge is -2.17. The zero-order valence-electron chi connectivity index (χ0n) is 14.4. The van der Waals surface area contributed by atoms with E-state index in [1.165, 1.54) is 64.2 Å². The molecule has 0 heterocycles. The third-order valence-electron chi connectivity index (χ3n) is 5.36. The summed E-state index contributed by atoms with van der Waals surface area (Å²) >= 11 is 0. The number of rotatable bonds is 12. The molecule has 2 nitrogen and oxygen atoms in total. The molecule has 1 fully saturated rings. The van der Waals surface area contributed by atoms with Gasteiger partial charge in [-0.05, 0) is 37.0 Å². The number of ether oxygens (including phenoxy) is 1. The van der Waals surface area contributed by atoms with Crippen LogP contribution in [0.5, 0.6) is 0 Å². The largest absolute Gasteiger partial charge is 0.465 e. The lowest BCUT2D eigenvalue weighted by molar-refractivity contribution is -0.145. The summed E-state index contributed by atoms with van der Waals surface area (Å²) in [4.78, 5) is 11.8. The van der Waals surface area contributed by atoms with Crippen LogP contribution in [0.15, 0.2) is 12.2 Å². The first-order chi connectivity index (χ1) is 10.8. The second-order valence-electron chi connectivity index (χ2n) is 7.30. The zero-order valence-corrected chi connectivity index (χ0v) is 14.4. The number of carbonyl (C=O) groups excluding carboxylic acids is 1. The molecule has 126 valence electrons. The molecule has 0 aromatic heterocycles. The van der Waals surface area contributed by atoms with Crippen molar-refractivity contribution in [2.24, 2.45) is 17.8 Å². The van der Waals surface area contributed by atoms with Crippen molar-refractivity contribution in [3.63, 3.8) is 0 Å². The maximum absolute atomic E-state index is 11.8. The quantitative estimate of drug-likeness (QED) is 0.264. The van der Waals surface area contributed by atoms with Crippen LogP contribution in [0.4, 0.5) is 0 Å². The van der Waals surface area contributed by atoms with Crippen molar-refractivity contribution in [2.75, 3.05) is 6.61 Å². The molecule has 2 bridgehead atoms. The van der Waals surface area contributed by atoms with Gasteiger partial charge in [-0.2, -0.15) is 0 Å². The molecule has 2 aliphatic carbocycles. The van der Waals surface area contributed by atoms with Gasteiger partial charge >= 0.3 is 5.97 Å². The highest BCUT2D eigenvalue weighted by Crippen LogP contribution is 2.43. The summed E-state index contributed by atoms with van der Waals surface area (Å²) in [6, 6.07) is 0. The van der Waals surface area contributed by atoms with Gasteiger partial charge in [0.1, 0.15) is 0 Å². The van der Waals surface area contributed by atoms with Gasteiger partial charge in [0.25, 0.3) is 0 Å². The summed E-state index contributed by atoms with van der Waals surface area (Å²) < 4.78 is 5.48. The molecule has 3 unspecified atom stereocenters. The second-order valence-corrected chi connectivity index (χ2v) is 7.30. The Bertz CT molecular complexity index is 348. The van der Waals surface area contributed by atoms with Crippen LogP contribution in [-0.4, -0.2) is 12.6 Å². The second kappa shape index (κ2) is 10.1. The normalized spacial score (nSPS) is 25.8. The number of carbonyl (C=O) groups is 1. The lowest BCUT2D eigenvalue weighted by atomic mass is 9.95. The molecule has 0 aromatic carbocycles. The van der Waals surface area contributed by atoms with Crippen LogP contribution in [0, 0.1) is 17.8 Å². The monoisotopic (exact) mass is 306 g/mol. The summed E-state index contributed by atoms with van der Waals surface area (Å²) in [6.07, 6.45) is 19.4. The van der Waals surface area contributed by atoms with Gasteiger partial charge in [0.15, 0.2) is 0 Å². The van der Waals surface area contributed by atoms with Gasteiger partial charge < -0.3 is 4.74 Å². The Hall–Kier alpha value is -0.790. The first-order valence-electron chi connectivity index (χ1n) is 9.63. The molecule has 2 rings (SSSR count). The number of unbranched alkanes of at least 4 members (excludes halogenated alkanes) is 8. The maximum atomic E-state index is 11.8. The molecular weight excluding hydrogens is 272 g/mol. The standard InChI is InChI=1S/C20H34O2/c1-2-3-4-5-6-7-8-9-10-11-20(21)22-16-19-15-17-12-13-18(19)14-17/h12-13,17-19H,2-11,14-16H2,1H3. The van der Waals surface area contributed by atoms with Crippen molar-refractivity contribution < 1.29 is 9.53 Å². The van der Waals surface area contributed by atoms with Crippen LogP contribution in [-0.2, 0) is 9.53 Å². The highest BCUT2D eigenvalue weighted by atomic mass is 16.5. The third kappa shape index (κ3) is 6.14. The first-order valence-corrected chi connectivity index (χ1v) is 9.63. The van der Waals surface area contributed by atoms with Crippen molar-refractivity contribution in [2.45, 2.75) is 84.0 Å². The molecule has 1 saturated carbocycles. The molecule has 22 heavy (non-hydrogen) atoms. The van der Waals surface area contributed by atoms with Crippen molar-refractivity contribution in [3.8, 4) is 0 Å². The smallest absolute Gasteiger partial charge is 0.305 e. The summed E-state index contributed by atoms with van der Waals surface area (Å²) in [5.41, 5.74) is 0. The molecule has 3 atom stereocenters. The van der Waals surface area contributed by atoms with Gasteiger partial charge in [-0.15, -0.1) is 0 Å². The Labute approximate surface area is 136 Å². The molecule has 0 saturated heterocycles. The minimum absolute atomic E-state index is 0.0229. The van der Waals surface area contributed by atoms with Gasteiger partial charge in [0.05, 0.1) is 6.61 Å². The molecule has 0 amide bonds. The van der Waals surface area contributed by atoms with Crippen LogP contribution < -0.4 is 0 Å². The minimum atomic E-state index is 0.0229. The highest BCUT2D eigenvalue weighted by Gasteiger charge is 2.36. The van der Waals surface area contributed by atoms with Crippen LogP contribution >= 0.6 is 0 Å². The van der Waals surface area contributed by atoms with E-state index in [4.69, 9.17) is 4.74 Å². The molecular formula is C20H34O2. The SMILES string of the molecule is CCCCCCCCCCCC(=O)OCC1CC2C=CC1C2. The highest BCUT2D eigenvalue weighted by molar-refractivity contribution is 5.69. The molecule has 0 spiro atoms. The Morgan fingerprint density at radius 3 is 2.23 bits per heavy atom. The van der Waals surface area contributed by atoms with Gasteiger partial charge in [0, 0.05) is 6.42 Å². The van der Waals surface area contributed by atoms with E-state index >= 15 is 0 Å². The van der Waals surface area contributed by atoms with E-state index < -0.39 is 0 Å². The fraction of sp³-hybridized carbons (Fsp3) is 0.850. The zero-order chi connectivity index (χ0) is 15.6. The summed E-state index contributed by atoms with van der Waals surface area (Å²) in [5, 5.41) is 0. The minimum Gasteiger partial charge on any atom is -0.465 e. The third-order valence-corrected chi connectivity index (χ3v) is 5.36. The van der Waals surface area contributed by atoms with Crippen molar-refractivity contribution in [3.05, 3.63) is 12.2 Å². The van der Waals surface area contributed by atoms with Gasteiger partial charge in [-0.3, -0.25) is 4.79 Å². The van der Waals surface area contributed by atoms with Gasteiger partial charge in [-0.25, -0.2) is 0 Å². The van der Waals surface area contributed by atoms with Crippen LogP contribution in [0.2, 0.25) is 0 Å². The van der Waals surface area contributed by atoms with Crippen LogP contribution in [0.25, 0.3) is 0 Å². The predicted molar refractivity (Wildman–Crippen MR) is 91.6 cm³/mol. The van der Waals surface area contributed by atoms with E-state index in [9.17, 15) is 4.79 Å². The predicted octanol–water partition coefficient (Wildman–Crippen LogP) is 5.66. The van der Waals surface area contributed by atoms with E-state index in [1.54, 1.807) is 0 Å². The molecule has 0 aromatic rings. The van der Waals surface area contributed by atoms with Gasteiger partial charge in [0.2, 0.25) is 0 Å². The van der Waals surface area contributed by atoms with E-state index in [0.29, 0.717) is 24.9 Å². The average Bonchev–Trinajstić information content (AvgIpc) is 3.14. The topological polar surface area (TPSA) is 26.3 Å². The number of fused-ring (bicyclic) bond motifs is 2. The van der Waals surface area contributed by atoms with E-state index in [2.05, 4.69) is 19.1 Å². The van der Waals surface area contributed by atoms with Crippen molar-refractivity contribution in [1.29, 1.82) is 0 Å². The van der Waals surface area contributed by atoms with Crippen LogP contribution in [0.1, 0.15) is 84.0 Å². The molecule has 0 radical (unpaired) electrons. The first kappa shape index (κ1) is 17.6. The number of esters is 1. The molecule has 2 aliphatic rings. The van der Waals surface area contributed by atoms with E-state index in [-0.39, 0.29) is 5.97 Å². The Kier molecular flexibility index (Phi) is 8.04. The summed E-state index contributed by atoms with van der Waals surface area (Å²) in [5.74, 6) is 2.08. The van der Waals surface area contributed by atoms with Crippen molar-refractivity contribution in [1.82, 2.24) is 0 Å². The Balaban J connectivity index is 1.38. The summed E-state index contributed by atoms with van der Waals surface area (Å²) in [7, 11) is 0.